The number of anilines is 1. The van der Waals surface area contributed by atoms with Crippen molar-refractivity contribution < 1.29 is 4.92 Å². The zero-order valence-corrected chi connectivity index (χ0v) is 10.5. The van der Waals surface area contributed by atoms with E-state index in [4.69, 9.17) is 6.42 Å². The first kappa shape index (κ1) is 12.5. The van der Waals surface area contributed by atoms with Crippen LogP contribution in [0.25, 0.3) is 0 Å². The van der Waals surface area contributed by atoms with Crippen molar-refractivity contribution in [1.82, 2.24) is 0 Å². The highest BCUT2D eigenvalue weighted by atomic mass is 79.9. The summed E-state index contributed by atoms with van der Waals surface area (Å²) in [5.41, 5.74) is 0.267. The molecule has 0 heterocycles. The molecule has 4 nitrogen and oxygen atoms in total. The topological polar surface area (TPSA) is 55.2 Å². The predicted molar refractivity (Wildman–Crippen MR) is 67.3 cm³/mol. The van der Waals surface area contributed by atoms with Gasteiger partial charge >= 0.3 is 0 Å². The fraction of sp³-hybridized carbons (Fsp3) is 0.273. The summed E-state index contributed by atoms with van der Waals surface area (Å²) in [5, 5.41) is 13.6. The normalized spacial score (nSPS) is 10.6. The zero-order chi connectivity index (χ0) is 12.3. The van der Waals surface area contributed by atoms with Crippen molar-refractivity contribution in [3.05, 3.63) is 32.8 Å². The lowest BCUT2D eigenvalue weighted by Gasteiger charge is -2.21. The number of benzene rings is 1. The van der Waals surface area contributed by atoms with Crippen LogP contribution in [-0.4, -0.2) is 10.5 Å². The van der Waals surface area contributed by atoms with Crippen LogP contribution < -0.4 is 5.32 Å². The third-order valence-corrected chi connectivity index (χ3v) is 2.63. The molecule has 16 heavy (non-hydrogen) atoms. The Bertz CT molecular complexity index is 464. The first-order chi connectivity index (χ1) is 7.35. The lowest BCUT2D eigenvalue weighted by atomic mass is 10.1. The Hall–Kier alpha value is -1.54. The van der Waals surface area contributed by atoms with Crippen LogP contribution >= 0.6 is 15.9 Å². The van der Waals surface area contributed by atoms with Gasteiger partial charge in [-0.1, -0.05) is 5.92 Å². The van der Waals surface area contributed by atoms with Gasteiger partial charge in [0.2, 0.25) is 0 Å². The maximum atomic E-state index is 10.5. The largest absolute Gasteiger partial charge is 0.369 e. The molecule has 0 bridgehead atoms. The lowest BCUT2D eigenvalue weighted by Crippen LogP contribution is -2.28. The lowest BCUT2D eigenvalue weighted by molar-refractivity contribution is -0.384. The quantitative estimate of drug-likeness (QED) is 0.526. The Morgan fingerprint density at radius 1 is 1.56 bits per heavy atom. The summed E-state index contributed by atoms with van der Waals surface area (Å²) < 4.78 is 0.616. The van der Waals surface area contributed by atoms with Crippen molar-refractivity contribution in [2.24, 2.45) is 0 Å². The van der Waals surface area contributed by atoms with Gasteiger partial charge < -0.3 is 5.32 Å². The van der Waals surface area contributed by atoms with Gasteiger partial charge in [0.1, 0.15) is 0 Å². The first-order valence-electron chi connectivity index (χ1n) is 4.55. The number of halogens is 1. The smallest absolute Gasteiger partial charge is 0.270 e. The summed E-state index contributed by atoms with van der Waals surface area (Å²) >= 11 is 3.26. The molecule has 84 valence electrons. The second kappa shape index (κ2) is 4.54. The number of terminal acetylenes is 1. The van der Waals surface area contributed by atoms with Gasteiger partial charge in [-0.15, -0.1) is 6.42 Å². The molecular formula is C11H11BrN2O2. The fourth-order valence-corrected chi connectivity index (χ4v) is 1.56. The third-order valence-electron chi connectivity index (χ3n) is 1.97. The summed E-state index contributed by atoms with van der Waals surface area (Å²) in [4.78, 5) is 10.1. The Morgan fingerprint density at radius 3 is 2.62 bits per heavy atom. The van der Waals surface area contributed by atoms with Gasteiger partial charge in [-0.25, -0.2) is 0 Å². The van der Waals surface area contributed by atoms with Crippen molar-refractivity contribution in [3.8, 4) is 12.3 Å². The van der Waals surface area contributed by atoms with E-state index >= 15 is 0 Å². The van der Waals surface area contributed by atoms with Crippen molar-refractivity contribution in [2.75, 3.05) is 5.32 Å². The Morgan fingerprint density at radius 2 is 2.19 bits per heavy atom. The van der Waals surface area contributed by atoms with E-state index in [1.54, 1.807) is 6.07 Å². The molecule has 0 aliphatic carbocycles. The number of non-ortho nitro benzene ring substituents is 1. The van der Waals surface area contributed by atoms with Crippen molar-refractivity contribution in [1.29, 1.82) is 0 Å². The maximum Gasteiger partial charge on any atom is 0.270 e. The molecule has 0 radical (unpaired) electrons. The van der Waals surface area contributed by atoms with E-state index in [0.717, 1.165) is 5.69 Å². The molecule has 5 heteroatoms. The average molecular weight is 283 g/mol. The number of hydrogen-bond acceptors (Lipinski definition) is 3. The van der Waals surface area contributed by atoms with Gasteiger partial charge in [0.15, 0.2) is 0 Å². The number of nitrogens with one attached hydrogen (secondary N) is 1. The fourth-order valence-electron chi connectivity index (χ4n) is 1.09. The van der Waals surface area contributed by atoms with Crippen LogP contribution in [0.15, 0.2) is 22.7 Å². The number of hydrogen-bond donors (Lipinski definition) is 1. The molecule has 0 unspecified atom stereocenters. The molecule has 1 rings (SSSR count). The molecule has 0 aliphatic rings. The average Bonchev–Trinajstić information content (AvgIpc) is 2.20. The molecular weight excluding hydrogens is 272 g/mol. The van der Waals surface area contributed by atoms with Crippen LogP contribution in [0.1, 0.15) is 13.8 Å². The number of nitrogens with zero attached hydrogens (tertiary/aromatic N) is 1. The van der Waals surface area contributed by atoms with Crippen molar-refractivity contribution in [2.45, 2.75) is 19.4 Å². The van der Waals surface area contributed by atoms with Gasteiger partial charge in [0, 0.05) is 16.6 Å². The zero-order valence-electron chi connectivity index (χ0n) is 8.95. The summed E-state index contributed by atoms with van der Waals surface area (Å²) in [7, 11) is 0. The Labute approximate surface area is 102 Å². The van der Waals surface area contributed by atoms with Crippen LogP contribution in [0.3, 0.4) is 0 Å². The minimum Gasteiger partial charge on any atom is -0.369 e. The van der Waals surface area contributed by atoms with Crippen molar-refractivity contribution in [3.63, 3.8) is 0 Å². The predicted octanol–water partition coefficient (Wildman–Crippen LogP) is 3.18. The van der Waals surface area contributed by atoms with Gasteiger partial charge in [0.05, 0.1) is 16.1 Å². The Balaban J connectivity index is 3.02. The molecule has 0 saturated heterocycles. The second-order valence-corrected chi connectivity index (χ2v) is 4.67. The van der Waals surface area contributed by atoms with Gasteiger partial charge in [0.25, 0.3) is 5.69 Å². The summed E-state index contributed by atoms with van der Waals surface area (Å²) in [6.45, 7) is 3.70. The van der Waals surface area contributed by atoms with E-state index in [1.807, 2.05) is 13.8 Å². The standard InChI is InChI=1S/C11H11BrN2O2/c1-4-11(2,3)13-10-6-5-8(14(15)16)7-9(10)12/h1,5-7,13H,2-3H3. The monoisotopic (exact) mass is 282 g/mol. The van der Waals surface area contributed by atoms with Crippen molar-refractivity contribution >= 4 is 27.3 Å². The highest BCUT2D eigenvalue weighted by molar-refractivity contribution is 9.10. The molecule has 1 aromatic carbocycles. The number of nitro groups is 1. The summed E-state index contributed by atoms with van der Waals surface area (Å²) in [6, 6.07) is 4.50. The van der Waals surface area contributed by atoms with E-state index in [0.29, 0.717) is 4.47 Å². The van der Waals surface area contributed by atoms with E-state index in [9.17, 15) is 10.1 Å². The molecule has 1 N–H and O–H groups in total. The van der Waals surface area contributed by atoms with Crippen LogP contribution in [0, 0.1) is 22.5 Å². The first-order valence-corrected chi connectivity index (χ1v) is 5.35. The van der Waals surface area contributed by atoms with E-state index in [1.165, 1.54) is 12.1 Å². The molecule has 1 aromatic rings. The van der Waals surface area contributed by atoms with Crippen LogP contribution in [-0.2, 0) is 0 Å². The maximum absolute atomic E-state index is 10.5. The van der Waals surface area contributed by atoms with Crippen LogP contribution in [0.4, 0.5) is 11.4 Å². The van der Waals surface area contributed by atoms with E-state index in [2.05, 4.69) is 27.2 Å². The molecule has 0 aliphatic heterocycles. The molecule has 0 atom stereocenters. The minimum absolute atomic E-state index is 0.0379. The Kier molecular flexibility index (Phi) is 3.55. The van der Waals surface area contributed by atoms with Gasteiger partial charge in [-0.2, -0.15) is 0 Å². The highest BCUT2D eigenvalue weighted by Crippen LogP contribution is 2.28. The van der Waals surface area contributed by atoms with Crippen LogP contribution in [0.5, 0.6) is 0 Å². The molecule has 0 fully saturated rings. The van der Waals surface area contributed by atoms with Gasteiger partial charge in [-0.05, 0) is 35.8 Å². The molecule has 0 spiro atoms. The van der Waals surface area contributed by atoms with E-state index < -0.39 is 10.5 Å². The second-order valence-electron chi connectivity index (χ2n) is 3.82. The summed E-state index contributed by atoms with van der Waals surface area (Å²) in [6.07, 6.45) is 5.35. The van der Waals surface area contributed by atoms with Crippen LogP contribution in [0.2, 0.25) is 0 Å². The molecule has 0 aromatic heterocycles. The highest BCUT2D eigenvalue weighted by Gasteiger charge is 2.16. The summed E-state index contributed by atoms with van der Waals surface area (Å²) in [5.74, 6) is 2.59. The third kappa shape index (κ3) is 2.97. The van der Waals surface area contributed by atoms with Gasteiger partial charge in [-0.3, -0.25) is 10.1 Å². The minimum atomic E-state index is -0.501. The molecule has 0 amide bonds. The number of nitro benzene ring substituents is 1. The van der Waals surface area contributed by atoms with E-state index in [-0.39, 0.29) is 5.69 Å². The number of rotatable bonds is 3. The SMILES string of the molecule is C#CC(C)(C)Nc1ccc([N+](=O)[O-])cc1Br. The molecule has 0 saturated carbocycles.